The highest BCUT2D eigenvalue weighted by Crippen LogP contribution is 2.30. The van der Waals surface area contributed by atoms with Crippen LogP contribution in [0.5, 0.6) is 23.0 Å². The molecule has 0 atom stereocenters. The van der Waals surface area contributed by atoms with Gasteiger partial charge in [0.05, 0.1) is 17.7 Å². The monoisotopic (exact) mass is 274 g/mol. The van der Waals surface area contributed by atoms with Gasteiger partial charge in [-0.05, 0) is 31.2 Å². The van der Waals surface area contributed by atoms with Crippen LogP contribution in [0.1, 0.15) is 22.8 Å². The average Bonchev–Trinajstić information content (AvgIpc) is 2.38. The second kappa shape index (κ2) is 5.52. The Labute approximate surface area is 115 Å². The molecule has 20 heavy (non-hydrogen) atoms. The third kappa shape index (κ3) is 2.66. The molecule has 0 radical (unpaired) electrons. The van der Waals surface area contributed by atoms with Crippen molar-refractivity contribution < 1.29 is 24.9 Å². The summed E-state index contributed by atoms with van der Waals surface area (Å²) in [6, 6.07) is 7.98. The van der Waals surface area contributed by atoms with Gasteiger partial charge in [-0.25, -0.2) is 0 Å². The van der Waals surface area contributed by atoms with Gasteiger partial charge in [-0.3, -0.25) is 4.79 Å². The molecule has 0 amide bonds. The molecule has 0 heterocycles. The van der Waals surface area contributed by atoms with E-state index in [1.165, 1.54) is 24.3 Å². The first kappa shape index (κ1) is 13.7. The van der Waals surface area contributed by atoms with E-state index in [0.29, 0.717) is 12.4 Å². The van der Waals surface area contributed by atoms with Crippen molar-refractivity contribution in [2.45, 2.75) is 6.92 Å². The van der Waals surface area contributed by atoms with E-state index < -0.39 is 5.78 Å². The minimum atomic E-state index is -0.539. The van der Waals surface area contributed by atoms with Gasteiger partial charge in [0.2, 0.25) is 0 Å². The van der Waals surface area contributed by atoms with Gasteiger partial charge in [0.1, 0.15) is 23.0 Å². The first-order chi connectivity index (χ1) is 9.52. The maximum Gasteiger partial charge on any atom is 0.200 e. The van der Waals surface area contributed by atoms with Crippen molar-refractivity contribution in [3.05, 3.63) is 47.5 Å². The largest absolute Gasteiger partial charge is 0.508 e. The van der Waals surface area contributed by atoms with E-state index in [9.17, 15) is 20.1 Å². The lowest BCUT2D eigenvalue weighted by Crippen LogP contribution is -2.02. The molecule has 0 saturated carbocycles. The molecule has 2 aromatic carbocycles. The topological polar surface area (TPSA) is 87.0 Å². The Bertz CT molecular complexity index is 649. The molecule has 0 saturated heterocycles. The molecule has 104 valence electrons. The van der Waals surface area contributed by atoms with Crippen molar-refractivity contribution >= 4 is 5.78 Å². The van der Waals surface area contributed by atoms with Crippen LogP contribution in [-0.2, 0) is 0 Å². The zero-order chi connectivity index (χ0) is 14.7. The average molecular weight is 274 g/mol. The number of benzene rings is 2. The summed E-state index contributed by atoms with van der Waals surface area (Å²) in [6.45, 7) is 2.26. The third-order valence-corrected chi connectivity index (χ3v) is 2.75. The Morgan fingerprint density at radius 1 is 1.00 bits per heavy atom. The second-order valence-electron chi connectivity index (χ2n) is 4.14. The summed E-state index contributed by atoms with van der Waals surface area (Å²) in [5.74, 6) is -0.800. The Morgan fingerprint density at radius 2 is 1.60 bits per heavy atom. The van der Waals surface area contributed by atoms with Gasteiger partial charge in [-0.1, -0.05) is 0 Å². The molecular formula is C15H14O5. The zero-order valence-electron chi connectivity index (χ0n) is 10.8. The Hall–Kier alpha value is -2.69. The van der Waals surface area contributed by atoms with Gasteiger partial charge in [0.15, 0.2) is 5.78 Å². The summed E-state index contributed by atoms with van der Waals surface area (Å²) in [4.78, 5) is 12.2. The first-order valence-corrected chi connectivity index (χ1v) is 6.05. The molecule has 0 fully saturated rings. The van der Waals surface area contributed by atoms with E-state index >= 15 is 0 Å². The highest BCUT2D eigenvalue weighted by atomic mass is 16.5. The molecular weight excluding hydrogens is 260 g/mol. The van der Waals surface area contributed by atoms with E-state index in [0.717, 1.165) is 6.07 Å². The fourth-order valence-electron chi connectivity index (χ4n) is 1.82. The molecule has 5 heteroatoms. The van der Waals surface area contributed by atoms with Crippen LogP contribution < -0.4 is 4.74 Å². The lowest BCUT2D eigenvalue weighted by Gasteiger charge is -2.08. The van der Waals surface area contributed by atoms with Crippen LogP contribution in [0.15, 0.2) is 36.4 Å². The van der Waals surface area contributed by atoms with Gasteiger partial charge < -0.3 is 20.1 Å². The SMILES string of the molecule is CCOc1ccc(C(=O)c2ccc(O)cc2O)c(O)c1. The number of phenols is 3. The Balaban J connectivity index is 2.38. The number of aromatic hydroxyl groups is 3. The number of phenolic OH excluding ortho intramolecular Hbond substituents is 3. The maximum absolute atomic E-state index is 12.2. The van der Waals surface area contributed by atoms with Crippen LogP contribution in [0.2, 0.25) is 0 Å². The van der Waals surface area contributed by atoms with Crippen molar-refractivity contribution in [2.75, 3.05) is 6.61 Å². The predicted molar refractivity (Wildman–Crippen MR) is 72.5 cm³/mol. The summed E-state index contributed by atoms with van der Waals surface area (Å²) in [5.41, 5.74) is 0.0525. The van der Waals surface area contributed by atoms with Crippen molar-refractivity contribution in [1.82, 2.24) is 0 Å². The highest BCUT2D eigenvalue weighted by molar-refractivity contribution is 6.12. The van der Waals surface area contributed by atoms with E-state index in [-0.39, 0.29) is 28.4 Å². The molecule has 0 spiro atoms. The summed E-state index contributed by atoms with van der Waals surface area (Å²) >= 11 is 0. The molecule has 3 N–H and O–H groups in total. The summed E-state index contributed by atoms with van der Waals surface area (Å²) in [7, 11) is 0. The summed E-state index contributed by atoms with van der Waals surface area (Å²) in [6.07, 6.45) is 0. The molecule has 2 aromatic rings. The maximum atomic E-state index is 12.2. The minimum absolute atomic E-state index is 0.00209. The van der Waals surface area contributed by atoms with Crippen LogP contribution in [0.25, 0.3) is 0 Å². The molecule has 0 aliphatic rings. The molecule has 0 aliphatic carbocycles. The Morgan fingerprint density at radius 3 is 2.15 bits per heavy atom. The Kier molecular flexibility index (Phi) is 3.79. The fraction of sp³-hybridized carbons (Fsp3) is 0.133. The van der Waals surface area contributed by atoms with E-state index in [4.69, 9.17) is 4.74 Å². The molecule has 0 aliphatic heterocycles. The fourth-order valence-corrected chi connectivity index (χ4v) is 1.82. The second-order valence-corrected chi connectivity index (χ2v) is 4.14. The first-order valence-electron chi connectivity index (χ1n) is 6.05. The van der Waals surface area contributed by atoms with Crippen molar-refractivity contribution in [1.29, 1.82) is 0 Å². The number of carbonyl (C=O) groups excluding carboxylic acids is 1. The van der Waals surface area contributed by atoms with Crippen molar-refractivity contribution in [3.8, 4) is 23.0 Å². The van der Waals surface area contributed by atoms with Gasteiger partial charge >= 0.3 is 0 Å². The normalized spacial score (nSPS) is 10.2. The number of rotatable bonds is 4. The lowest BCUT2D eigenvalue weighted by molar-refractivity contribution is 0.103. The smallest absolute Gasteiger partial charge is 0.200 e. The molecule has 0 bridgehead atoms. The molecule has 0 aromatic heterocycles. The molecule has 5 nitrogen and oxygen atoms in total. The van der Waals surface area contributed by atoms with E-state index in [1.807, 2.05) is 6.92 Å². The van der Waals surface area contributed by atoms with Crippen LogP contribution in [-0.4, -0.2) is 27.7 Å². The highest BCUT2D eigenvalue weighted by Gasteiger charge is 2.17. The standard InChI is InChI=1S/C15H14O5/c1-2-20-10-4-6-12(14(18)8-10)15(19)11-5-3-9(16)7-13(11)17/h3-8,16-18H,2H2,1H3. The summed E-state index contributed by atoms with van der Waals surface area (Å²) in [5, 5.41) is 28.7. The van der Waals surface area contributed by atoms with Crippen LogP contribution in [0.3, 0.4) is 0 Å². The number of hydrogen-bond donors (Lipinski definition) is 3. The van der Waals surface area contributed by atoms with Gasteiger partial charge in [0, 0.05) is 12.1 Å². The third-order valence-electron chi connectivity index (χ3n) is 2.75. The summed E-state index contributed by atoms with van der Waals surface area (Å²) < 4.78 is 5.21. The van der Waals surface area contributed by atoms with Crippen LogP contribution in [0.4, 0.5) is 0 Å². The number of hydrogen-bond acceptors (Lipinski definition) is 5. The van der Waals surface area contributed by atoms with Crippen molar-refractivity contribution in [2.24, 2.45) is 0 Å². The van der Waals surface area contributed by atoms with Gasteiger partial charge in [-0.15, -0.1) is 0 Å². The van der Waals surface area contributed by atoms with Crippen LogP contribution in [0, 0.1) is 0 Å². The zero-order valence-corrected chi connectivity index (χ0v) is 10.8. The quantitative estimate of drug-likeness (QED) is 0.745. The minimum Gasteiger partial charge on any atom is -0.508 e. The predicted octanol–water partition coefficient (Wildman–Crippen LogP) is 2.43. The number of ketones is 1. The molecule has 0 unspecified atom stereocenters. The van der Waals surface area contributed by atoms with Gasteiger partial charge in [0.25, 0.3) is 0 Å². The molecule has 2 rings (SSSR count). The van der Waals surface area contributed by atoms with E-state index in [2.05, 4.69) is 0 Å². The number of carbonyl (C=O) groups is 1. The lowest BCUT2D eigenvalue weighted by atomic mass is 10.0. The van der Waals surface area contributed by atoms with E-state index in [1.54, 1.807) is 6.07 Å². The van der Waals surface area contributed by atoms with Crippen LogP contribution >= 0.6 is 0 Å². The van der Waals surface area contributed by atoms with Crippen molar-refractivity contribution in [3.63, 3.8) is 0 Å². The number of ether oxygens (including phenoxy) is 1. The van der Waals surface area contributed by atoms with Gasteiger partial charge in [-0.2, -0.15) is 0 Å².